The maximum atomic E-state index is 12.6. The third-order valence-corrected chi connectivity index (χ3v) is 9.02. The third-order valence-electron chi connectivity index (χ3n) is 8.03. The molecule has 0 heterocycles. The fraction of sp³-hybridized carbons (Fsp3) is 0.714. The Balaban J connectivity index is 4.48. The van der Waals surface area contributed by atoms with Crippen molar-refractivity contribution >= 4 is 19.8 Å². The molecular weight excluding hydrogens is 677 g/mol. The molecule has 0 saturated heterocycles. The Hall–Kier alpha value is -2.29. The lowest BCUT2D eigenvalue weighted by molar-refractivity contribution is -0.870. The fourth-order valence-electron chi connectivity index (χ4n) is 4.87. The second-order valence-corrected chi connectivity index (χ2v) is 15.7. The molecule has 0 amide bonds. The molecule has 0 rings (SSSR count). The predicted octanol–water partition coefficient (Wildman–Crippen LogP) is 10.9. The molecular formula is C42H75NO8P+. The largest absolute Gasteiger partial charge is 0.472 e. The van der Waals surface area contributed by atoms with Crippen molar-refractivity contribution in [3.8, 4) is 0 Å². The number of ether oxygens (including phenoxy) is 2. The molecule has 0 aliphatic carbocycles. The molecule has 0 fully saturated rings. The topological polar surface area (TPSA) is 108 Å². The van der Waals surface area contributed by atoms with E-state index in [1.54, 1.807) is 0 Å². The number of carbonyl (C=O) groups excluding carboxylic acids is 2. The Bertz CT molecular complexity index is 1080. The number of phosphoric acid groups is 1. The van der Waals surface area contributed by atoms with Crippen molar-refractivity contribution in [1.29, 1.82) is 0 Å². The maximum absolute atomic E-state index is 12.6. The normalized spacial score (nSPS) is 14.3. The molecule has 0 aromatic rings. The van der Waals surface area contributed by atoms with E-state index in [4.69, 9.17) is 18.5 Å². The predicted molar refractivity (Wildman–Crippen MR) is 215 cm³/mol. The molecule has 1 N–H and O–H groups in total. The van der Waals surface area contributed by atoms with Gasteiger partial charge in [-0.2, -0.15) is 0 Å². The van der Waals surface area contributed by atoms with E-state index in [-0.39, 0.29) is 32.0 Å². The molecule has 300 valence electrons. The molecule has 0 radical (unpaired) electrons. The summed E-state index contributed by atoms with van der Waals surface area (Å²) in [4.78, 5) is 35.2. The van der Waals surface area contributed by atoms with E-state index in [0.717, 1.165) is 96.3 Å². The Morgan fingerprint density at radius 2 is 1.10 bits per heavy atom. The zero-order chi connectivity index (χ0) is 38.6. The number of carbonyl (C=O) groups is 2. The summed E-state index contributed by atoms with van der Waals surface area (Å²) >= 11 is 0. The van der Waals surface area contributed by atoms with E-state index in [1.807, 2.05) is 21.1 Å². The number of quaternary nitrogens is 1. The highest BCUT2D eigenvalue weighted by Crippen LogP contribution is 2.43. The zero-order valence-electron chi connectivity index (χ0n) is 33.5. The van der Waals surface area contributed by atoms with Gasteiger partial charge in [-0.3, -0.25) is 18.6 Å². The average molecular weight is 753 g/mol. The standard InChI is InChI=1S/C42H74NO8P/c1-6-8-10-12-14-16-18-19-20-21-22-23-25-27-29-31-33-35-42(45)51-40(39-50-52(46,47)49-37-36-43(3,4)5)38-48-41(44)34-32-30-28-26-24-17-15-13-11-9-7-2/h8,10,13-16,19-20,22-23,40H,6-7,9,11-12,17-18,21,24-39H2,1-5H3/p+1/b10-8-,15-13-,16-14-,20-19-,23-22-/t40-/m1/s1. The molecule has 1 unspecified atom stereocenters. The number of phosphoric ester groups is 1. The molecule has 0 aliphatic heterocycles. The number of unbranched alkanes of at least 4 members (excludes halogenated alkanes) is 11. The van der Waals surface area contributed by atoms with Crippen LogP contribution in [0.25, 0.3) is 0 Å². The van der Waals surface area contributed by atoms with Crippen LogP contribution >= 0.6 is 7.82 Å². The van der Waals surface area contributed by atoms with E-state index in [9.17, 15) is 19.0 Å². The van der Waals surface area contributed by atoms with E-state index in [2.05, 4.69) is 74.6 Å². The van der Waals surface area contributed by atoms with Crippen molar-refractivity contribution in [1.82, 2.24) is 0 Å². The van der Waals surface area contributed by atoms with Crippen LogP contribution in [0.15, 0.2) is 60.8 Å². The summed E-state index contributed by atoms with van der Waals surface area (Å²) in [5, 5.41) is 0. The molecule has 0 aliphatic rings. The van der Waals surface area contributed by atoms with Gasteiger partial charge in [-0.1, -0.05) is 120 Å². The van der Waals surface area contributed by atoms with E-state index < -0.39 is 26.5 Å². The van der Waals surface area contributed by atoms with Gasteiger partial charge in [0.2, 0.25) is 0 Å². The van der Waals surface area contributed by atoms with Gasteiger partial charge in [0.1, 0.15) is 19.8 Å². The van der Waals surface area contributed by atoms with E-state index >= 15 is 0 Å². The van der Waals surface area contributed by atoms with Crippen molar-refractivity contribution in [2.24, 2.45) is 0 Å². The summed E-state index contributed by atoms with van der Waals surface area (Å²) < 4.78 is 34.1. The van der Waals surface area contributed by atoms with Crippen LogP contribution in [0, 0.1) is 0 Å². The van der Waals surface area contributed by atoms with Gasteiger partial charge in [-0.05, 0) is 70.6 Å². The van der Waals surface area contributed by atoms with E-state index in [0.29, 0.717) is 17.4 Å². The first-order valence-corrected chi connectivity index (χ1v) is 21.5. The summed E-state index contributed by atoms with van der Waals surface area (Å²) in [7, 11) is 1.44. The van der Waals surface area contributed by atoms with Crippen molar-refractivity contribution < 1.29 is 42.1 Å². The smallest absolute Gasteiger partial charge is 0.462 e. The number of hydrogen-bond acceptors (Lipinski definition) is 7. The van der Waals surface area contributed by atoms with Crippen LogP contribution in [0.5, 0.6) is 0 Å². The second-order valence-electron chi connectivity index (χ2n) is 14.3. The highest BCUT2D eigenvalue weighted by atomic mass is 31.2. The summed E-state index contributed by atoms with van der Waals surface area (Å²) in [5.41, 5.74) is 0. The maximum Gasteiger partial charge on any atom is 0.472 e. The van der Waals surface area contributed by atoms with Gasteiger partial charge in [0.25, 0.3) is 0 Å². The summed E-state index contributed by atoms with van der Waals surface area (Å²) in [5.74, 6) is -0.845. The van der Waals surface area contributed by atoms with Gasteiger partial charge in [-0.25, -0.2) is 4.57 Å². The minimum Gasteiger partial charge on any atom is -0.462 e. The molecule has 9 nitrogen and oxygen atoms in total. The van der Waals surface area contributed by atoms with Crippen LogP contribution in [0.1, 0.15) is 142 Å². The minimum atomic E-state index is -4.38. The van der Waals surface area contributed by atoms with Crippen LogP contribution in [0.4, 0.5) is 0 Å². The summed E-state index contributed by atoms with van der Waals surface area (Å²) in [6.45, 7) is 4.20. The number of hydrogen-bond donors (Lipinski definition) is 1. The lowest BCUT2D eigenvalue weighted by atomic mass is 10.1. The van der Waals surface area contributed by atoms with Crippen LogP contribution in [0.3, 0.4) is 0 Å². The van der Waals surface area contributed by atoms with E-state index in [1.165, 1.54) is 12.8 Å². The lowest BCUT2D eigenvalue weighted by Crippen LogP contribution is -2.37. The number of esters is 2. The van der Waals surface area contributed by atoms with Gasteiger partial charge in [0, 0.05) is 12.8 Å². The second kappa shape index (κ2) is 34.5. The van der Waals surface area contributed by atoms with Crippen molar-refractivity contribution in [3.05, 3.63) is 60.8 Å². The van der Waals surface area contributed by atoms with Crippen LogP contribution in [-0.2, 0) is 32.7 Å². The van der Waals surface area contributed by atoms with Crippen LogP contribution in [-0.4, -0.2) is 74.9 Å². The Morgan fingerprint density at radius 1 is 0.615 bits per heavy atom. The average Bonchev–Trinajstić information content (AvgIpc) is 3.09. The van der Waals surface area contributed by atoms with Gasteiger partial charge in [0.05, 0.1) is 27.7 Å². The first kappa shape index (κ1) is 49.7. The highest BCUT2D eigenvalue weighted by molar-refractivity contribution is 7.47. The number of likely N-dealkylation sites (N-methyl/N-ethyl adjacent to an activating group) is 1. The van der Waals surface area contributed by atoms with Gasteiger partial charge >= 0.3 is 19.8 Å². The van der Waals surface area contributed by atoms with Gasteiger partial charge < -0.3 is 18.9 Å². The minimum absolute atomic E-state index is 0.0225. The summed E-state index contributed by atoms with van der Waals surface area (Å²) in [6, 6.07) is 0. The SMILES string of the molecule is CC/C=C\C/C=C\C/C=C\C/C=C\CCCCCCC(=O)O[C@H](COC(=O)CCCCCCC/C=C\CCCC)COP(=O)(O)OCC[N+](C)(C)C. The van der Waals surface area contributed by atoms with Crippen molar-refractivity contribution in [3.63, 3.8) is 0 Å². The summed E-state index contributed by atoms with van der Waals surface area (Å²) in [6.07, 6.45) is 39.8. The van der Waals surface area contributed by atoms with Crippen molar-refractivity contribution in [2.45, 2.75) is 148 Å². The molecule has 52 heavy (non-hydrogen) atoms. The van der Waals surface area contributed by atoms with Crippen LogP contribution in [0.2, 0.25) is 0 Å². The molecule has 2 atom stereocenters. The molecule has 0 saturated carbocycles. The highest BCUT2D eigenvalue weighted by Gasteiger charge is 2.27. The molecule has 0 spiro atoms. The third kappa shape index (κ3) is 37.5. The first-order chi connectivity index (χ1) is 25.0. The monoisotopic (exact) mass is 753 g/mol. The number of allylic oxidation sites excluding steroid dienone is 10. The first-order valence-electron chi connectivity index (χ1n) is 20.0. The Morgan fingerprint density at radius 3 is 1.65 bits per heavy atom. The van der Waals surface area contributed by atoms with Crippen LogP contribution < -0.4 is 0 Å². The number of rotatable bonds is 35. The Kier molecular flexibility index (Phi) is 33.0. The molecule has 10 heteroatoms. The molecule has 0 aromatic heterocycles. The van der Waals surface area contributed by atoms with Gasteiger partial charge in [0.15, 0.2) is 6.10 Å². The van der Waals surface area contributed by atoms with Crippen molar-refractivity contribution in [2.75, 3.05) is 47.5 Å². The zero-order valence-corrected chi connectivity index (χ0v) is 34.4. The van der Waals surface area contributed by atoms with Gasteiger partial charge in [-0.15, -0.1) is 0 Å². The Labute approximate surface area is 317 Å². The fourth-order valence-corrected chi connectivity index (χ4v) is 5.61. The quantitative estimate of drug-likeness (QED) is 0.0224. The lowest BCUT2D eigenvalue weighted by Gasteiger charge is -2.24. The molecule has 0 aromatic carbocycles. The number of nitrogens with zero attached hydrogens (tertiary/aromatic N) is 1. The molecule has 0 bridgehead atoms.